The maximum Gasteiger partial charge on any atom is 0.253 e. The Labute approximate surface area is 294 Å². The first-order valence-corrected chi connectivity index (χ1v) is 19.9. The van der Waals surface area contributed by atoms with Gasteiger partial charge in [-0.05, 0) is 150 Å². The second-order valence-corrected chi connectivity index (χ2v) is 20.0. The molecule has 0 radical (unpaired) electrons. The molecule has 0 aromatic rings. The molecular weight excluding hydrogens is 610 g/mol. The molecule has 0 bridgehead atoms. The highest BCUT2D eigenvalue weighted by Gasteiger charge is 2.65. The minimum Gasteiger partial charge on any atom is -0.351 e. The molecule has 8 aliphatic rings. The lowest BCUT2D eigenvalue weighted by atomic mass is 9.47. The van der Waals surface area contributed by atoms with E-state index in [1.54, 1.807) is 17.1 Å². The summed E-state index contributed by atoms with van der Waals surface area (Å²) in [4.78, 5) is 56.3. The van der Waals surface area contributed by atoms with Gasteiger partial charge in [-0.15, -0.1) is 0 Å². The average Bonchev–Trinajstić information content (AvgIpc) is 3.57. The van der Waals surface area contributed by atoms with Crippen LogP contribution in [-0.4, -0.2) is 46.2 Å². The van der Waals surface area contributed by atoms with Crippen LogP contribution in [-0.2, 0) is 19.2 Å². The number of nitrogens with one attached hydrogen (secondary N) is 2. The first-order chi connectivity index (χ1) is 23.0. The van der Waals surface area contributed by atoms with E-state index in [0.29, 0.717) is 35.5 Å². The summed E-state index contributed by atoms with van der Waals surface area (Å²) in [5.74, 6) is 3.15. The number of carbonyl (C=O) groups excluding carboxylic acids is 4. The van der Waals surface area contributed by atoms with Crippen molar-refractivity contribution in [1.29, 1.82) is 0 Å². The second-order valence-electron chi connectivity index (χ2n) is 20.0. The number of amides is 4. The third-order valence-electron chi connectivity index (χ3n) is 16.9. The number of hydrogen-bond donors (Lipinski definition) is 2. The predicted molar refractivity (Wildman–Crippen MR) is 189 cm³/mol. The third-order valence-corrected chi connectivity index (χ3v) is 16.9. The second kappa shape index (κ2) is 11.0. The summed E-state index contributed by atoms with van der Waals surface area (Å²) in [6.45, 7) is 15.7. The van der Waals surface area contributed by atoms with Gasteiger partial charge < -0.3 is 10.6 Å². The summed E-state index contributed by atoms with van der Waals surface area (Å²) in [5, 5.41) is 6.56. The van der Waals surface area contributed by atoms with Crippen LogP contribution < -0.4 is 10.6 Å². The van der Waals surface area contributed by atoms with Crippen molar-refractivity contribution in [2.75, 3.05) is 0 Å². The fraction of sp³-hybridized carbons (Fsp3) is 0.810. The van der Waals surface area contributed by atoms with Crippen molar-refractivity contribution in [3.05, 3.63) is 24.3 Å². The van der Waals surface area contributed by atoms with Crippen molar-refractivity contribution in [3.63, 3.8) is 0 Å². The van der Waals surface area contributed by atoms with Gasteiger partial charge in [-0.3, -0.25) is 24.1 Å². The Hall–Kier alpha value is -2.44. The maximum absolute atomic E-state index is 14.9. The van der Waals surface area contributed by atoms with Crippen molar-refractivity contribution in [3.8, 4) is 0 Å². The Bertz CT molecular complexity index is 1510. The van der Waals surface area contributed by atoms with Gasteiger partial charge in [0.15, 0.2) is 0 Å². The van der Waals surface area contributed by atoms with Crippen LogP contribution in [0.2, 0.25) is 0 Å². The molecule has 6 aliphatic carbocycles. The molecule has 14 atom stereocenters. The summed E-state index contributed by atoms with van der Waals surface area (Å²) in [7, 11) is 0. The molecule has 6 fully saturated rings. The zero-order valence-corrected chi connectivity index (χ0v) is 31.1. The van der Waals surface area contributed by atoms with E-state index in [9.17, 15) is 19.2 Å². The van der Waals surface area contributed by atoms with Gasteiger partial charge in [0.2, 0.25) is 17.7 Å². The van der Waals surface area contributed by atoms with E-state index in [1.165, 1.54) is 0 Å². The number of rotatable bonds is 2. The molecule has 0 spiro atoms. The number of nitrogens with zero attached hydrogens (tertiary/aromatic N) is 1. The van der Waals surface area contributed by atoms with Gasteiger partial charge in [-0.2, -0.15) is 0 Å². The van der Waals surface area contributed by atoms with E-state index in [-0.39, 0.29) is 74.7 Å². The van der Waals surface area contributed by atoms with E-state index in [2.05, 4.69) is 71.3 Å². The zero-order valence-electron chi connectivity index (χ0n) is 31.1. The maximum atomic E-state index is 14.9. The Morgan fingerprint density at radius 2 is 1.29 bits per heavy atom. The molecule has 268 valence electrons. The van der Waals surface area contributed by atoms with Gasteiger partial charge in [-0.25, -0.2) is 0 Å². The molecule has 2 N–H and O–H groups in total. The van der Waals surface area contributed by atoms with Crippen LogP contribution in [0.4, 0.5) is 0 Å². The molecule has 0 aromatic carbocycles. The molecule has 2 aliphatic heterocycles. The molecule has 8 rings (SSSR count). The summed E-state index contributed by atoms with van der Waals surface area (Å²) in [6, 6.07) is 0.113. The van der Waals surface area contributed by atoms with Crippen LogP contribution >= 0.6 is 0 Å². The average molecular weight is 672 g/mol. The zero-order chi connectivity index (χ0) is 34.9. The fourth-order valence-electron chi connectivity index (χ4n) is 14.6. The molecule has 7 nitrogen and oxygen atoms in total. The highest BCUT2D eigenvalue weighted by Crippen LogP contribution is 2.68. The number of hydrogen-bond acceptors (Lipinski definition) is 4. The normalized spacial score (nSPS) is 49.9. The van der Waals surface area contributed by atoms with Crippen molar-refractivity contribution in [1.82, 2.24) is 15.5 Å². The molecule has 0 saturated heterocycles. The van der Waals surface area contributed by atoms with Gasteiger partial charge in [0, 0.05) is 46.4 Å². The smallest absolute Gasteiger partial charge is 0.253 e. The van der Waals surface area contributed by atoms with Gasteiger partial charge in [0.25, 0.3) is 5.91 Å². The van der Waals surface area contributed by atoms with Crippen LogP contribution in [0.25, 0.3) is 0 Å². The summed E-state index contributed by atoms with van der Waals surface area (Å²) < 4.78 is 0. The van der Waals surface area contributed by atoms with Gasteiger partial charge in [-0.1, -0.05) is 39.8 Å². The Balaban J connectivity index is 1.02. The molecule has 6 saturated carbocycles. The van der Waals surface area contributed by atoms with Gasteiger partial charge >= 0.3 is 0 Å². The summed E-state index contributed by atoms with van der Waals surface area (Å²) in [6.07, 6.45) is 20.0. The Kier molecular flexibility index (Phi) is 7.58. The lowest BCUT2D eigenvalue weighted by molar-refractivity contribution is -0.164. The minimum absolute atomic E-state index is 0.00487. The van der Waals surface area contributed by atoms with Gasteiger partial charge in [0.1, 0.15) is 0 Å². The number of carbonyl (C=O) groups is 4. The SMILES string of the molecule is CC(C)(C)NC(=O)[C@H]1CC[C@H]2[C@@H]3CC[C@H]4N(C(=O)[C@H]5CC[C@H]6[C@@H]7CCC8NC(=O)C=C[C@]8(C)[C@H]7CC[C@]56C)C(=O)C=C[C@]4(C)[C@H]3CC[C@]12C. The largest absolute Gasteiger partial charge is 0.351 e. The van der Waals surface area contributed by atoms with Crippen molar-refractivity contribution < 1.29 is 19.2 Å². The molecule has 2 heterocycles. The molecule has 49 heavy (non-hydrogen) atoms. The molecule has 7 heteroatoms. The van der Waals surface area contributed by atoms with E-state index >= 15 is 0 Å². The number of fused-ring (bicyclic) bond motifs is 10. The van der Waals surface area contributed by atoms with E-state index in [4.69, 9.17) is 0 Å². The Morgan fingerprint density at radius 3 is 1.94 bits per heavy atom. The standard InChI is InChI=1S/C42H61N3O4/c1-38(2,3)44-36(48)30-12-10-26-25-9-15-33-42(7,29(25)17-20-39(26,30)4)23-19-35(47)45(33)37(49)31-13-11-27-24-8-14-32-41(6,22-18-34(46)43-32)28(24)16-21-40(27,31)5/h18-19,22-33H,8-17,20-21H2,1-7H3,(H,43,46)(H,44,48)/t24-,25-,26-,27-,28-,29-,30+,31+,32?,33+,39-,40-,41+,42+/m0/s1. The lowest BCUT2D eigenvalue weighted by Gasteiger charge is -2.61. The summed E-state index contributed by atoms with van der Waals surface area (Å²) >= 11 is 0. The van der Waals surface area contributed by atoms with Crippen LogP contribution in [0, 0.1) is 69.0 Å². The van der Waals surface area contributed by atoms with E-state index in [0.717, 1.165) is 77.0 Å². The number of imide groups is 1. The van der Waals surface area contributed by atoms with Crippen LogP contribution in [0.3, 0.4) is 0 Å². The quantitative estimate of drug-likeness (QED) is 0.310. The monoisotopic (exact) mass is 671 g/mol. The summed E-state index contributed by atoms with van der Waals surface area (Å²) in [5.41, 5.74) is -0.591. The molecule has 1 unspecified atom stereocenters. The van der Waals surface area contributed by atoms with Gasteiger partial charge in [0.05, 0.1) is 0 Å². The first-order valence-electron chi connectivity index (χ1n) is 19.9. The minimum atomic E-state index is -0.235. The fourth-order valence-corrected chi connectivity index (χ4v) is 14.6. The predicted octanol–water partition coefficient (Wildman–Crippen LogP) is 6.97. The van der Waals surface area contributed by atoms with Crippen molar-refractivity contribution >= 4 is 23.6 Å². The molecule has 0 aromatic heterocycles. The lowest BCUT2D eigenvalue weighted by Crippen LogP contribution is -2.63. The van der Waals surface area contributed by atoms with E-state index < -0.39 is 0 Å². The van der Waals surface area contributed by atoms with Crippen LogP contribution in [0.15, 0.2) is 24.3 Å². The topological polar surface area (TPSA) is 95.6 Å². The highest BCUT2D eigenvalue weighted by molar-refractivity contribution is 6.03. The van der Waals surface area contributed by atoms with E-state index in [1.807, 2.05) is 0 Å². The molecule has 4 amide bonds. The first kappa shape index (κ1) is 33.7. The Morgan fingerprint density at radius 1 is 0.714 bits per heavy atom. The van der Waals surface area contributed by atoms with Crippen molar-refractivity contribution in [2.24, 2.45) is 69.0 Å². The van der Waals surface area contributed by atoms with Crippen molar-refractivity contribution in [2.45, 2.75) is 143 Å². The van der Waals surface area contributed by atoms with Crippen LogP contribution in [0.5, 0.6) is 0 Å². The molecular formula is C42H61N3O4. The van der Waals surface area contributed by atoms with Crippen LogP contribution in [0.1, 0.15) is 126 Å². The third kappa shape index (κ3) is 4.77. The highest BCUT2D eigenvalue weighted by atomic mass is 16.2.